The summed E-state index contributed by atoms with van der Waals surface area (Å²) in [6.45, 7) is 13.0. The first-order valence-electron chi connectivity index (χ1n) is 20.3. The molecule has 0 aliphatic carbocycles. The quantitative estimate of drug-likeness (QED) is 0.0258. The monoisotopic (exact) mass is 840 g/mol. The van der Waals surface area contributed by atoms with Crippen LogP contribution in [-0.2, 0) is 38.4 Å². The van der Waals surface area contributed by atoms with Gasteiger partial charge >= 0.3 is 5.97 Å². The number of nitrogens with two attached hydrogens (primary N) is 3. The molecule has 0 spiro atoms. The van der Waals surface area contributed by atoms with Crippen LogP contribution in [0.15, 0.2) is 4.99 Å². The number of carbonyl (C=O) groups is 8. The first-order chi connectivity index (χ1) is 27.5. The Bertz CT molecular complexity index is 1490. The number of carboxylic acid groups (broad SMARTS) is 1. The number of hydrogen-bond donors (Lipinski definition) is 11. The molecule has 336 valence electrons. The number of guanidine groups is 1. The molecule has 21 nitrogen and oxygen atoms in total. The van der Waals surface area contributed by atoms with E-state index in [1.54, 1.807) is 13.8 Å². The second-order valence-electron chi connectivity index (χ2n) is 16.1. The molecule has 0 aromatic carbocycles. The average molecular weight is 840 g/mol. The fourth-order valence-corrected chi connectivity index (χ4v) is 6.28. The van der Waals surface area contributed by atoms with Crippen molar-refractivity contribution in [2.75, 3.05) is 19.7 Å². The highest BCUT2D eigenvalue weighted by atomic mass is 16.4. The average Bonchev–Trinajstić information content (AvgIpc) is 3.65. The Morgan fingerprint density at radius 3 is 1.69 bits per heavy atom. The Kier molecular flexibility index (Phi) is 22.4. The second-order valence-corrected chi connectivity index (χ2v) is 16.1. The molecule has 1 aliphatic rings. The van der Waals surface area contributed by atoms with Crippen LogP contribution in [0.5, 0.6) is 0 Å². The van der Waals surface area contributed by atoms with Crippen LogP contribution in [0.1, 0.15) is 100 Å². The summed E-state index contributed by atoms with van der Waals surface area (Å²) < 4.78 is 0. The lowest BCUT2D eigenvalue weighted by Gasteiger charge is -2.32. The Morgan fingerprint density at radius 2 is 1.22 bits per heavy atom. The Morgan fingerprint density at radius 1 is 0.729 bits per heavy atom. The molecular formula is C38H69N11O10. The van der Waals surface area contributed by atoms with Crippen LogP contribution in [0.3, 0.4) is 0 Å². The number of aliphatic imine (C=N–C) groups is 1. The van der Waals surface area contributed by atoms with Gasteiger partial charge in [0.15, 0.2) is 5.96 Å². The molecule has 1 saturated heterocycles. The summed E-state index contributed by atoms with van der Waals surface area (Å²) in [5.74, 6) is -6.96. The van der Waals surface area contributed by atoms with Crippen molar-refractivity contribution >= 4 is 53.3 Å². The maximum atomic E-state index is 13.9. The summed E-state index contributed by atoms with van der Waals surface area (Å²) in [5.41, 5.74) is 16.6. The minimum absolute atomic E-state index is 0.0111. The van der Waals surface area contributed by atoms with Crippen molar-refractivity contribution < 1.29 is 48.6 Å². The van der Waals surface area contributed by atoms with E-state index in [9.17, 15) is 48.6 Å². The number of nitrogens with one attached hydrogen (secondary N) is 6. The Balaban J connectivity index is 3.33. The molecule has 0 aromatic rings. The third kappa shape index (κ3) is 17.8. The molecule has 1 heterocycles. The van der Waals surface area contributed by atoms with Crippen LogP contribution in [0.25, 0.3) is 0 Å². The summed E-state index contributed by atoms with van der Waals surface area (Å²) in [4.78, 5) is 111. The Labute approximate surface area is 346 Å². The molecule has 1 aliphatic heterocycles. The van der Waals surface area contributed by atoms with Crippen molar-refractivity contribution in [3.05, 3.63) is 0 Å². The van der Waals surface area contributed by atoms with Gasteiger partial charge in [0.05, 0.1) is 12.6 Å². The number of carboxylic acids is 1. The molecule has 7 amide bonds. The molecule has 9 atom stereocenters. The smallest absolute Gasteiger partial charge is 0.325 e. The molecule has 1 fully saturated rings. The van der Waals surface area contributed by atoms with Gasteiger partial charge in [0, 0.05) is 13.1 Å². The molecule has 59 heavy (non-hydrogen) atoms. The molecular weight excluding hydrogens is 770 g/mol. The van der Waals surface area contributed by atoms with E-state index in [1.807, 2.05) is 27.7 Å². The number of aliphatic hydroxyl groups is 1. The van der Waals surface area contributed by atoms with Crippen LogP contribution in [0.2, 0.25) is 0 Å². The van der Waals surface area contributed by atoms with E-state index < -0.39 is 108 Å². The maximum Gasteiger partial charge on any atom is 0.325 e. The van der Waals surface area contributed by atoms with Crippen molar-refractivity contribution in [3.63, 3.8) is 0 Å². The van der Waals surface area contributed by atoms with Gasteiger partial charge in [0.2, 0.25) is 41.4 Å². The molecule has 21 heteroatoms. The highest BCUT2D eigenvalue weighted by molar-refractivity contribution is 5.97. The zero-order chi connectivity index (χ0) is 45.1. The predicted molar refractivity (Wildman–Crippen MR) is 219 cm³/mol. The SMILES string of the molecule is CCC(C)C(NC(=O)C(CO)NC(=O)C(CCCN=C(N)N)NC(=O)C(CC(C)C)NC(=O)C(CC(C)C)NC(=O)C(C)N)C(=O)N1CCCC1C(=O)NC(C)C(=O)O. The van der Waals surface area contributed by atoms with Crippen molar-refractivity contribution in [2.24, 2.45) is 39.9 Å². The number of aliphatic hydroxyl groups excluding tert-OH is 1. The zero-order valence-corrected chi connectivity index (χ0v) is 35.7. The van der Waals surface area contributed by atoms with Gasteiger partial charge in [-0.05, 0) is 70.1 Å². The molecule has 0 aromatic heterocycles. The van der Waals surface area contributed by atoms with E-state index >= 15 is 0 Å². The highest BCUT2D eigenvalue weighted by Crippen LogP contribution is 2.22. The standard InChI is InChI=1S/C38H69N11O10/c1-9-21(6)29(36(57)49-15-11-13-28(49)35(56)43-23(8)37(58)59)48-34(55)27(18-50)47-31(52)24(12-10-14-42-38(40)41)44-32(53)26(17-20(4)5)46-33(54)25(16-19(2)3)45-30(51)22(7)39/h19-29,50H,9-18,39H2,1-8H3,(H,43,56)(H,44,53)(H,45,51)(H,46,54)(H,47,52)(H,48,55)(H,58,59)(H4,40,41,42). The Hall–Kier alpha value is -5.05. The zero-order valence-electron chi connectivity index (χ0n) is 35.7. The number of rotatable bonds is 25. The van der Waals surface area contributed by atoms with Gasteiger partial charge in [-0.3, -0.25) is 43.3 Å². The molecule has 0 bridgehead atoms. The number of aliphatic carboxylic acids is 1. The van der Waals surface area contributed by atoms with E-state index in [-0.39, 0.29) is 63.0 Å². The van der Waals surface area contributed by atoms with Crippen LogP contribution in [0.4, 0.5) is 0 Å². The summed E-state index contributed by atoms with van der Waals surface area (Å²) >= 11 is 0. The van der Waals surface area contributed by atoms with E-state index in [1.165, 1.54) is 18.7 Å². The fraction of sp³-hybridized carbons (Fsp3) is 0.763. The number of amides is 7. The molecule has 1 rings (SSSR count). The van der Waals surface area contributed by atoms with Gasteiger partial charge in [-0.15, -0.1) is 0 Å². The minimum atomic E-state index is -1.59. The van der Waals surface area contributed by atoms with Gasteiger partial charge < -0.3 is 64.2 Å². The fourth-order valence-electron chi connectivity index (χ4n) is 6.28. The number of hydrogen-bond acceptors (Lipinski definition) is 11. The summed E-state index contributed by atoms with van der Waals surface area (Å²) in [5, 5.41) is 35.0. The third-order valence-electron chi connectivity index (χ3n) is 9.83. The van der Waals surface area contributed by atoms with Gasteiger partial charge in [0.1, 0.15) is 42.3 Å². The van der Waals surface area contributed by atoms with Crippen molar-refractivity contribution in [3.8, 4) is 0 Å². The van der Waals surface area contributed by atoms with E-state index in [4.69, 9.17) is 17.2 Å². The summed E-state index contributed by atoms with van der Waals surface area (Å²) in [7, 11) is 0. The summed E-state index contributed by atoms with van der Waals surface area (Å²) in [6.07, 6.45) is 1.72. The summed E-state index contributed by atoms with van der Waals surface area (Å²) in [6, 6.07) is -9.30. The van der Waals surface area contributed by atoms with Gasteiger partial charge in [-0.2, -0.15) is 0 Å². The van der Waals surface area contributed by atoms with Crippen molar-refractivity contribution in [1.29, 1.82) is 0 Å². The molecule has 14 N–H and O–H groups in total. The van der Waals surface area contributed by atoms with Crippen LogP contribution in [-0.4, -0.2) is 136 Å². The van der Waals surface area contributed by atoms with E-state index in [2.05, 4.69) is 36.9 Å². The van der Waals surface area contributed by atoms with Crippen LogP contribution < -0.4 is 49.1 Å². The van der Waals surface area contributed by atoms with Gasteiger partial charge in [-0.1, -0.05) is 48.0 Å². The lowest BCUT2D eigenvalue weighted by atomic mass is 9.96. The molecule has 0 radical (unpaired) electrons. The van der Waals surface area contributed by atoms with Crippen molar-refractivity contribution in [2.45, 2.75) is 149 Å². The third-order valence-corrected chi connectivity index (χ3v) is 9.83. The molecule has 9 unspecified atom stereocenters. The molecule has 0 saturated carbocycles. The minimum Gasteiger partial charge on any atom is -0.480 e. The largest absolute Gasteiger partial charge is 0.480 e. The van der Waals surface area contributed by atoms with Crippen LogP contribution in [0, 0.1) is 17.8 Å². The number of nitrogens with zero attached hydrogens (tertiary/aromatic N) is 2. The van der Waals surface area contributed by atoms with E-state index in [0.717, 1.165) is 0 Å². The maximum absolute atomic E-state index is 13.9. The van der Waals surface area contributed by atoms with Gasteiger partial charge in [0.25, 0.3) is 0 Å². The lowest BCUT2D eigenvalue weighted by molar-refractivity contribution is -0.145. The topological polar surface area (TPSA) is 343 Å². The number of likely N-dealkylation sites (tertiary alicyclic amines) is 1. The second kappa shape index (κ2) is 25.4. The number of carbonyl (C=O) groups excluding carboxylic acids is 7. The predicted octanol–water partition coefficient (Wildman–Crippen LogP) is -2.48. The van der Waals surface area contributed by atoms with Crippen molar-refractivity contribution in [1.82, 2.24) is 36.8 Å². The highest BCUT2D eigenvalue weighted by Gasteiger charge is 2.41. The van der Waals surface area contributed by atoms with E-state index in [0.29, 0.717) is 12.8 Å². The lowest BCUT2D eigenvalue weighted by Crippen LogP contribution is -2.61. The van der Waals surface area contributed by atoms with Crippen LogP contribution >= 0.6 is 0 Å². The van der Waals surface area contributed by atoms with Gasteiger partial charge in [-0.25, -0.2) is 0 Å². The normalized spacial score (nSPS) is 17.9. The first kappa shape index (κ1) is 52.0. The first-order valence-corrected chi connectivity index (χ1v) is 20.3.